The molecule has 6 heteroatoms. The minimum absolute atomic E-state index is 0.470. The van der Waals surface area contributed by atoms with Crippen LogP contribution in [-0.4, -0.2) is 14.9 Å². The summed E-state index contributed by atoms with van der Waals surface area (Å²) in [4.78, 5) is 0. The smallest absolute Gasteiger partial charge is 0.176 e. The van der Waals surface area contributed by atoms with Crippen LogP contribution in [0.1, 0.15) is 11.1 Å². The van der Waals surface area contributed by atoms with Gasteiger partial charge >= 0.3 is 0 Å². The summed E-state index contributed by atoms with van der Waals surface area (Å²) in [5, 5.41) is 11.8. The van der Waals surface area contributed by atoms with Crippen molar-refractivity contribution in [3.63, 3.8) is 0 Å². The largest absolute Gasteiger partial charge is 0.332 e. The Morgan fingerprint density at radius 1 is 1.12 bits per heavy atom. The summed E-state index contributed by atoms with van der Waals surface area (Å²) in [7, 11) is 0. The molecule has 1 heterocycles. The molecule has 2 N–H and O–H groups in total. The molecule has 0 amide bonds. The molecule has 0 spiro atoms. The van der Waals surface area contributed by atoms with Gasteiger partial charge in [-0.15, -0.1) is 0 Å². The molecule has 0 radical (unpaired) electrons. The number of hydrogen-bond acceptors (Lipinski definition) is 2. The van der Waals surface area contributed by atoms with E-state index in [-0.39, 0.29) is 0 Å². The molecule has 0 aliphatic rings. The highest BCUT2D eigenvalue weighted by Crippen LogP contribution is 2.15. The van der Waals surface area contributed by atoms with E-state index in [0.717, 1.165) is 12.2 Å². The first kappa shape index (κ1) is 16.5. The summed E-state index contributed by atoms with van der Waals surface area (Å²) in [6.45, 7) is 2.80. The lowest BCUT2D eigenvalue weighted by Crippen LogP contribution is -2.19. The number of nitrogens with zero attached hydrogens (tertiary/aromatic N) is 2. The van der Waals surface area contributed by atoms with Crippen molar-refractivity contribution < 1.29 is 0 Å². The van der Waals surface area contributed by atoms with Crippen LogP contribution in [0.15, 0.2) is 60.8 Å². The van der Waals surface area contributed by atoms with E-state index in [0.29, 0.717) is 16.0 Å². The third-order valence-corrected chi connectivity index (χ3v) is 3.83. The lowest BCUT2D eigenvalue weighted by molar-refractivity contribution is 0.689. The summed E-state index contributed by atoms with van der Waals surface area (Å²) >= 11 is 11.3. The number of aromatic nitrogens is 2. The molecule has 0 bridgehead atoms. The Balaban J connectivity index is 1.60. The van der Waals surface area contributed by atoms with Gasteiger partial charge in [-0.2, -0.15) is 5.10 Å². The van der Waals surface area contributed by atoms with Gasteiger partial charge in [0.25, 0.3) is 0 Å². The molecule has 3 rings (SSSR count). The Morgan fingerprint density at radius 2 is 1.96 bits per heavy atom. The topological polar surface area (TPSA) is 41.9 Å². The van der Waals surface area contributed by atoms with Gasteiger partial charge in [0, 0.05) is 23.0 Å². The second-order valence-corrected chi connectivity index (χ2v) is 6.32. The fraction of sp³-hybridized carbons (Fsp3) is 0.111. The molecule has 0 atom stereocenters. The van der Waals surface area contributed by atoms with E-state index in [2.05, 4.69) is 46.9 Å². The van der Waals surface area contributed by atoms with Gasteiger partial charge in [0.05, 0.1) is 6.54 Å². The zero-order valence-corrected chi connectivity index (χ0v) is 14.7. The normalized spacial score (nSPS) is 10.4. The third kappa shape index (κ3) is 4.57. The van der Waals surface area contributed by atoms with E-state index < -0.39 is 0 Å². The molecular formula is C18H17ClN4S. The van der Waals surface area contributed by atoms with Crippen molar-refractivity contribution in [1.82, 2.24) is 9.78 Å². The van der Waals surface area contributed by atoms with Crippen LogP contribution in [0.3, 0.4) is 0 Å². The third-order valence-electron chi connectivity index (χ3n) is 3.39. The minimum atomic E-state index is 0.470. The van der Waals surface area contributed by atoms with Crippen molar-refractivity contribution in [3.05, 3.63) is 76.9 Å². The molecular weight excluding hydrogens is 340 g/mol. The van der Waals surface area contributed by atoms with Gasteiger partial charge in [-0.05, 0) is 42.9 Å². The average molecular weight is 357 g/mol. The van der Waals surface area contributed by atoms with E-state index in [4.69, 9.17) is 23.8 Å². The number of rotatable bonds is 4. The standard InChI is InChI=1S/C18H17ClN4S/c1-13-4-2-5-14(10-13)12-23-9-8-17(22-23)21-18(24)20-16-7-3-6-15(19)11-16/h2-11H,12H2,1H3,(H2,20,21,22,24). The van der Waals surface area contributed by atoms with Crippen LogP contribution >= 0.6 is 23.8 Å². The Kier molecular flexibility index (Phi) is 5.13. The maximum atomic E-state index is 5.96. The maximum absolute atomic E-state index is 5.96. The number of aryl methyl sites for hydroxylation is 1. The molecule has 0 saturated carbocycles. The molecule has 2 aromatic carbocycles. The quantitative estimate of drug-likeness (QED) is 0.665. The number of thiocarbonyl (C=S) groups is 1. The first-order valence-electron chi connectivity index (χ1n) is 7.51. The van der Waals surface area contributed by atoms with Crippen LogP contribution in [0.5, 0.6) is 0 Å². The van der Waals surface area contributed by atoms with Crippen molar-refractivity contribution in [3.8, 4) is 0 Å². The fourth-order valence-electron chi connectivity index (χ4n) is 2.36. The number of anilines is 2. The lowest BCUT2D eigenvalue weighted by Gasteiger charge is -2.08. The first-order valence-corrected chi connectivity index (χ1v) is 8.30. The molecule has 4 nitrogen and oxygen atoms in total. The minimum Gasteiger partial charge on any atom is -0.332 e. The lowest BCUT2D eigenvalue weighted by atomic mass is 10.1. The van der Waals surface area contributed by atoms with Crippen LogP contribution < -0.4 is 10.6 Å². The summed E-state index contributed by atoms with van der Waals surface area (Å²) in [5.41, 5.74) is 3.29. The second-order valence-electron chi connectivity index (χ2n) is 5.48. The highest BCUT2D eigenvalue weighted by atomic mass is 35.5. The molecule has 0 aliphatic heterocycles. The van der Waals surface area contributed by atoms with Crippen molar-refractivity contribution >= 4 is 40.4 Å². The van der Waals surface area contributed by atoms with Gasteiger partial charge in [-0.1, -0.05) is 47.5 Å². The first-order chi connectivity index (χ1) is 11.6. The fourth-order valence-corrected chi connectivity index (χ4v) is 2.77. The van der Waals surface area contributed by atoms with Crippen LogP contribution in [0.2, 0.25) is 5.02 Å². The van der Waals surface area contributed by atoms with E-state index in [9.17, 15) is 0 Å². The Bertz CT molecular complexity index is 859. The molecule has 0 unspecified atom stereocenters. The van der Waals surface area contributed by atoms with Gasteiger partial charge in [-0.3, -0.25) is 4.68 Å². The molecule has 3 aromatic rings. The monoisotopic (exact) mass is 356 g/mol. The number of halogens is 1. The van der Waals surface area contributed by atoms with Gasteiger partial charge in [0.2, 0.25) is 0 Å². The van der Waals surface area contributed by atoms with Gasteiger partial charge in [0.15, 0.2) is 10.9 Å². The summed E-state index contributed by atoms with van der Waals surface area (Å²) in [5.74, 6) is 0.696. The van der Waals surface area contributed by atoms with Gasteiger partial charge < -0.3 is 10.6 Å². The highest BCUT2D eigenvalue weighted by molar-refractivity contribution is 7.80. The van der Waals surface area contributed by atoms with Crippen molar-refractivity contribution in [2.24, 2.45) is 0 Å². The number of nitrogens with one attached hydrogen (secondary N) is 2. The van der Waals surface area contributed by atoms with E-state index in [1.165, 1.54) is 11.1 Å². The zero-order valence-electron chi connectivity index (χ0n) is 13.2. The Labute approximate surface area is 151 Å². The average Bonchev–Trinajstić information content (AvgIpc) is 2.94. The molecule has 0 aliphatic carbocycles. The maximum Gasteiger partial charge on any atom is 0.176 e. The molecule has 0 fully saturated rings. The van der Waals surface area contributed by atoms with Gasteiger partial charge in [0.1, 0.15) is 0 Å². The second kappa shape index (κ2) is 7.47. The van der Waals surface area contributed by atoms with Crippen molar-refractivity contribution in [2.75, 3.05) is 10.6 Å². The molecule has 0 saturated heterocycles. The highest BCUT2D eigenvalue weighted by Gasteiger charge is 2.03. The Hall–Kier alpha value is -2.37. The van der Waals surface area contributed by atoms with Gasteiger partial charge in [-0.25, -0.2) is 0 Å². The van der Waals surface area contributed by atoms with E-state index >= 15 is 0 Å². The van der Waals surface area contributed by atoms with Crippen LogP contribution in [0.25, 0.3) is 0 Å². The zero-order chi connectivity index (χ0) is 16.9. The predicted molar refractivity (Wildman–Crippen MR) is 104 cm³/mol. The number of benzene rings is 2. The summed E-state index contributed by atoms with van der Waals surface area (Å²) in [6, 6.07) is 17.7. The SMILES string of the molecule is Cc1cccc(Cn2ccc(NC(=S)Nc3cccc(Cl)c3)n2)c1. The van der Waals surface area contributed by atoms with Crippen LogP contribution in [0, 0.1) is 6.92 Å². The number of hydrogen-bond donors (Lipinski definition) is 2. The van der Waals surface area contributed by atoms with Crippen LogP contribution in [0.4, 0.5) is 11.5 Å². The van der Waals surface area contributed by atoms with Crippen molar-refractivity contribution in [2.45, 2.75) is 13.5 Å². The molecule has 24 heavy (non-hydrogen) atoms. The van der Waals surface area contributed by atoms with E-state index in [1.54, 1.807) is 0 Å². The van der Waals surface area contributed by atoms with E-state index in [1.807, 2.05) is 41.2 Å². The predicted octanol–water partition coefficient (Wildman–Crippen LogP) is 4.70. The van der Waals surface area contributed by atoms with Crippen LogP contribution in [-0.2, 0) is 6.54 Å². The Morgan fingerprint density at radius 3 is 2.75 bits per heavy atom. The summed E-state index contributed by atoms with van der Waals surface area (Å²) in [6.07, 6.45) is 1.92. The summed E-state index contributed by atoms with van der Waals surface area (Å²) < 4.78 is 1.87. The molecule has 122 valence electrons. The molecule has 1 aromatic heterocycles. The van der Waals surface area contributed by atoms with Crippen molar-refractivity contribution in [1.29, 1.82) is 0 Å².